The molecule has 4 rings (SSSR count). The zero-order valence-corrected chi connectivity index (χ0v) is 16.9. The monoisotopic (exact) mass is 422 g/mol. The van der Waals surface area contributed by atoms with Gasteiger partial charge < -0.3 is 20.1 Å². The first-order valence-electron chi connectivity index (χ1n) is 9.11. The molecule has 0 aliphatic carbocycles. The van der Waals surface area contributed by atoms with Crippen LogP contribution in [0, 0.1) is 6.92 Å². The highest BCUT2D eigenvalue weighted by Crippen LogP contribution is 2.34. The number of carbonyl (C=O) groups is 2. The fourth-order valence-electron chi connectivity index (χ4n) is 2.67. The number of rotatable bonds is 6. The number of hydrogen-bond donors (Lipinski definition) is 2. The number of nitrogens with zero attached hydrogens (tertiary/aromatic N) is 2. The van der Waals surface area contributed by atoms with Crippen molar-refractivity contribution < 1.29 is 19.1 Å². The Labute approximate surface area is 177 Å². The quantitative estimate of drug-likeness (QED) is 0.586. The van der Waals surface area contributed by atoms with E-state index >= 15 is 0 Å². The summed E-state index contributed by atoms with van der Waals surface area (Å²) in [5.41, 5.74) is 2.25. The van der Waals surface area contributed by atoms with Crippen molar-refractivity contribution in [1.82, 2.24) is 10.2 Å². The van der Waals surface area contributed by atoms with Gasteiger partial charge in [-0.1, -0.05) is 29.5 Å². The number of aromatic nitrogens is 2. The Morgan fingerprint density at radius 2 is 1.77 bits per heavy atom. The number of nitrogens with one attached hydrogen (secondary N) is 2. The minimum absolute atomic E-state index is 0.165. The first-order chi connectivity index (χ1) is 14.6. The fraction of sp³-hybridized carbons (Fsp3) is 0.143. The van der Waals surface area contributed by atoms with Crippen LogP contribution in [-0.4, -0.2) is 34.6 Å². The van der Waals surface area contributed by atoms with Crippen LogP contribution in [0.2, 0.25) is 0 Å². The summed E-state index contributed by atoms with van der Waals surface area (Å²) in [5.74, 6) is 1.33. The molecule has 9 heteroatoms. The third-order valence-electron chi connectivity index (χ3n) is 4.20. The average Bonchev–Trinajstić information content (AvgIpc) is 3.21. The molecule has 0 atom stereocenters. The third kappa shape index (κ3) is 4.87. The zero-order chi connectivity index (χ0) is 20.9. The molecule has 3 aromatic rings. The van der Waals surface area contributed by atoms with E-state index in [1.807, 2.05) is 19.1 Å². The first-order valence-corrected chi connectivity index (χ1v) is 10.1. The summed E-state index contributed by atoms with van der Waals surface area (Å²) in [5, 5.41) is 14.1. The standard InChI is InChI=1S/C21H18N4O4S/c1-13-2-4-14(5-3-13)21(27)23-18-8-9-20(25-24-18)30-11-19(26)22-15-6-7-16-17(10-15)29-12-28-16/h2-10H,11-12H2,1H3,(H,22,26)(H,23,24,27). The molecule has 1 aliphatic heterocycles. The van der Waals surface area contributed by atoms with Crippen molar-refractivity contribution in [3.8, 4) is 11.5 Å². The van der Waals surface area contributed by atoms with Crippen LogP contribution in [0.1, 0.15) is 15.9 Å². The van der Waals surface area contributed by atoms with Gasteiger partial charge in [0.2, 0.25) is 12.7 Å². The number of fused-ring (bicyclic) bond motifs is 1. The molecule has 2 aromatic carbocycles. The molecule has 152 valence electrons. The highest BCUT2D eigenvalue weighted by Gasteiger charge is 2.14. The van der Waals surface area contributed by atoms with Crippen LogP contribution in [0.15, 0.2) is 59.6 Å². The first kappa shape index (κ1) is 19.7. The fourth-order valence-corrected chi connectivity index (χ4v) is 3.28. The van der Waals surface area contributed by atoms with E-state index in [-0.39, 0.29) is 24.4 Å². The van der Waals surface area contributed by atoms with E-state index in [4.69, 9.17) is 9.47 Å². The zero-order valence-electron chi connectivity index (χ0n) is 16.0. The summed E-state index contributed by atoms with van der Waals surface area (Å²) >= 11 is 1.24. The Balaban J connectivity index is 1.27. The average molecular weight is 422 g/mol. The van der Waals surface area contributed by atoms with E-state index in [0.717, 1.165) is 5.56 Å². The molecule has 0 saturated heterocycles. The van der Waals surface area contributed by atoms with Gasteiger partial charge in [-0.05, 0) is 43.3 Å². The van der Waals surface area contributed by atoms with Crippen molar-refractivity contribution in [2.45, 2.75) is 11.9 Å². The Bertz CT molecular complexity index is 1070. The van der Waals surface area contributed by atoms with E-state index < -0.39 is 0 Å². The summed E-state index contributed by atoms with van der Waals surface area (Å²) in [6.45, 7) is 2.14. The van der Waals surface area contributed by atoms with Gasteiger partial charge in [-0.15, -0.1) is 10.2 Å². The summed E-state index contributed by atoms with van der Waals surface area (Å²) in [6.07, 6.45) is 0. The number of benzene rings is 2. The maximum absolute atomic E-state index is 12.2. The summed E-state index contributed by atoms with van der Waals surface area (Å²) in [4.78, 5) is 24.4. The molecule has 0 saturated carbocycles. The predicted molar refractivity (Wildman–Crippen MR) is 113 cm³/mol. The van der Waals surface area contributed by atoms with Crippen LogP contribution < -0.4 is 20.1 Å². The molecule has 0 radical (unpaired) electrons. The molecule has 0 fully saturated rings. The van der Waals surface area contributed by atoms with E-state index in [1.165, 1.54) is 11.8 Å². The second-order valence-corrected chi connectivity index (χ2v) is 7.48. The molecule has 8 nitrogen and oxygen atoms in total. The van der Waals surface area contributed by atoms with Crippen LogP contribution in [0.3, 0.4) is 0 Å². The van der Waals surface area contributed by atoms with Gasteiger partial charge in [0, 0.05) is 17.3 Å². The van der Waals surface area contributed by atoms with Crippen LogP contribution in [-0.2, 0) is 4.79 Å². The Hall–Kier alpha value is -3.59. The van der Waals surface area contributed by atoms with Gasteiger partial charge in [0.15, 0.2) is 17.3 Å². The number of aryl methyl sites for hydroxylation is 1. The second kappa shape index (κ2) is 8.83. The number of carbonyl (C=O) groups excluding carboxylic acids is 2. The molecule has 1 aliphatic rings. The largest absolute Gasteiger partial charge is 0.454 e. The topological polar surface area (TPSA) is 102 Å². The lowest BCUT2D eigenvalue weighted by Gasteiger charge is -2.07. The van der Waals surface area contributed by atoms with Crippen LogP contribution in [0.25, 0.3) is 0 Å². The second-order valence-electron chi connectivity index (χ2n) is 6.48. The van der Waals surface area contributed by atoms with Crippen molar-refractivity contribution in [3.63, 3.8) is 0 Å². The lowest BCUT2D eigenvalue weighted by Crippen LogP contribution is -2.14. The maximum Gasteiger partial charge on any atom is 0.256 e. The van der Waals surface area contributed by atoms with Gasteiger partial charge in [0.05, 0.1) is 5.75 Å². The molecule has 0 bridgehead atoms. The molecule has 0 unspecified atom stereocenters. The summed E-state index contributed by atoms with van der Waals surface area (Å²) < 4.78 is 10.5. The minimum Gasteiger partial charge on any atom is -0.454 e. The summed E-state index contributed by atoms with van der Waals surface area (Å²) in [7, 11) is 0. The van der Waals surface area contributed by atoms with Crippen LogP contribution >= 0.6 is 11.8 Å². The minimum atomic E-state index is -0.257. The van der Waals surface area contributed by atoms with Crippen molar-refractivity contribution in [2.24, 2.45) is 0 Å². The predicted octanol–water partition coefficient (Wildman–Crippen LogP) is 3.50. The van der Waals surface area contributed by atoms with Crippen LogP contribution in [0.4, 0.5) is 11.5 Å². The van der Waals surface area contributed by atoms with E-state index in [0.29, 0.717) is 33.6 Å². The van der Waals surface area contributed by atoms with Gasteiger partial charge >= 0.3 is 0 Å². The Morgan fingerprint density at radius 3 is 2.53 bits per heavy atom. The van der Waals surface area contributed by atoms with Crippen molar-refractivity contribution in [2.75, 3.05) is 23.2 Å². The number of hydrogen-bond acceptors (Lipinski definition) is 7. The van der Waals surface area contributed by atoms with Gasteiger partial charge in [-0.25, -0.2) is 0 Å². The molecular weight excluding hydrogens is 404 g/mol. The molecule has 0 spiro atoms. The van der Waals surface area contributed by atoms with E-state index in [9.17, 15) is 9.59 Å². The molecule has 2 heterocycles. The lowest BCUT2D eigenvalue weighted by molar-refractivity contribution is -0.113. The molecule has 30 heavy (non-hydrogen) atoms. The van der Waals surface area contributed by atoms with Gasteiger partial charge in [0.25, 0.3) is 5.91 Å². The number of anilines is 2. The lowest BCUT2D eigenvalue weighted by atomic mass is 10.1. The number of thioether (sulfide) groups is 1. The van der Waals surface area contributed by atoms with Crippen LogP contribution in [0.5, 0.6) is 11.5 Å². The SMILES string of the molecule is Cc1ccc(C(=O)Nc2ccc(SCC(=O)Nc3ccc4c(c3)OCO4)nn2)cc1. The number of amides is 2. The molecule has 2 amide bonds. The summed E-state index contributed by atoms with van der Waals surface area (Å²) in [6, 6.07) is 15.8. The third-order valence-corrected chi connectivity index (χ3v) is 5.12. The Morgan fingerprint density at radius 1 is 0.967 bits per heavy atom. The van der Waals surface area contributed by atoms with Crippen molar-refractivity contribution in [3.05, 3.63) is 65.7 Å². The van der Waals surface area contributed by atoms with Crippen molar-refractivity contribution >= 4 is 35.1 Å². The molecule has 2 N–H and O–H groups in total. The van der Waals surface area contributed by atoms with Gasteiger partial charge in [-0.3, -0.25) is 9.59 Å². The highest BCUT2D eigenvalue weighted by atomic mass is 32.2. The highest BCUT2D eigenvalue weighted by molar-refractivity contribution is 7.99. The molecule has 1 aromatic heterocycles. The maximum atomic E-state index is 12.2. The smallest absolute Gasteiger partial charge is 0.256 e. The van der Waals surface area contributed by atoms with Crippen molar-refractivity contribution in [1.29, 1.82) is 0 Å². The Kier molecular flexibility index (Phi) is 5.80. The van der Waals surface area contributed by atoms with Gasteiger partial charge in [0.1, 0.15) is 5.03 Å². The van der Waals surface area contributed by atoms with E-state index in [1.54, 1.807) is 42.5 Å². The van der Waals surface area contributed by atoms with Gasteiger partial charge in [-0.2, -0.15) is 0 Å². The normalized spacial score (nSPS) is 11.8. The van der Waals surface area contributed by atoms with E-state index in [2.05, 4.69) is 20.8 Å². The molecular formula is C21H18N4O4S. The number of ether oxygens (including phenoxy) is 2.